The summed E-state index contributed by atoms with van der Waals surface area (Å²) in [6, 6.07) is 13.8. The van der Waals surface area contributed by atoms with Gasteiger partial charge in [-0.15, -0.1) is 0 Å². The first-order valence-corrected chi connectivity index (χ1v) is 7.07. The Morgan fingerprint density at radius 3 is 2.55 bits per heavy atom. The lowest BCUT2D eigenvalue weighted by Crippen LogP contribution is -2.21. The van der Waals surface area contributed by atoms with E-state index in [1.165, 1.54) is 12.1 Å². The van der Waals surface area contributed by atoms with Crippen molar-refractivity contribution in [2.45, 2.75) is 13.0 Å². The SMILES string of the molecule is COc1ccc(CNCCC(=O)Nc2ccccc2F)cc1. The van der Waals surface area contributed by atoms with Gasteiger partial charge in [-0.1, -0.05) is 24.3 Å². The Morgan fingerprint density at radius 1 is 1.14 bits per heavy atom. The van der Waals surface area contributed by atoms with Crippen molar-refractivity contribution in [2.24, 2.45) is 0 Å². The molecule has 0 saturated carbocycles. The zero-order chi connectivity index (χ0) is 15.8. The largest absolute Gasteiger partial charge is 0.497 e. The molecule has 2 rings (SSSR count). The van der Waals surface area contributed by atoms with Gasteiger partial charge in [0.25, 0.3) is 0 Å². The van der Waals surface area contributed by atoms with Crippen LogP contribution in [0.5, 0.6) is 5.75 Å². The van der Waals surface area contributed by atoms with Gasteiger partial charge in [-0.2, -0.15) is 0 Å². The standard InChI is InChI=1S/C17H19FN2O2/c1-22-14-8-6-13(7-9-14)12-19-11-10-17(21)20-16-5-3-2-4-15(16)18/h2-9,19H,10-12H2,1H3,(H,20,21). The molecule has 2 N–H and O–H groups in total. The zero-order valence-corrected chi connectivity index (χ0v) is 12.4. The lowest BCUT2D eigenvalue weighted by molar-refractivity contribution is -0.116. The molecule has 0 bridgehead atoms. The van der Waals surface area contributed by atoms with Crippen LogP contribution in [0.25, 0.3) is 0 Å². The van der Waals surface area contributed by atoms with Crippen molar-refractivity contribution in [3.05, 3.63) is 59.9 Å². The third-order valence-electron chi connectivity index (χ3n) is 3.16. The average Bonchev–Trinajstić information content (AvgIpc) is 2.54. The summed E-state index contributed by atoms with van der Waals surface area (Å²) in [6.07, 6.45) is 0.282. The third kappa shape index (κ3) is 4.86. The minimum absolute atomic E-state index is 0.211. The van der Waals surface area contributed by atoms with E-state index in [0.717, 1.165) is 11.3 Å². The summed E-state index contributed by atoms with van der Waals surface area (Å²) in [5.41, 5.74) is 1.32. The van der Waals surface area contributed by atoms with Gasteiger partial charge in [0.1, 0.15) is 11.6 Å². The molecule has 5 heteroatoms. The molecule has 0 aromatic heterocycles. The van der Waals surface area contributed by atoms with Crippen LogP contribution in [0.1, 0.15) is 12.0 Å². The Bertz CT molecular complexity index is 614. The van der Waals surface area contributed by atoms with Crippen molar-refractivity contribution >= 4 is 11.6 Å². The van der Waals surface area contributed by atoms with E-state index in [-0.39, 0.29) is 18.0 Å². The van der Waals surface area contributed by atoms with Crippen molar-refractivity contribution in [3.63, 3.8) is 0 Å². The first-order valence-electron chi connectivity index (χ1n) is 7.07. The summed E-state index contributed by atoms with van der Waals surface area (Å²) >= 11 is 0. The number of methoxy groups -OCH3 is 1. The fourth-order valence-corrected chi connectivity index (χ4v) is 1.95. The van der Waals surface area contributed by atoms with Crippen molar-refractivity contribution in [1.29, 1.82) is 0 Å². The van der Waals surface area contributed by atoms with Crippen molar-refractivity contribution in [1.82, 2.24) is 5.32 Å². The quantitative estimate of drug-likeness (QED) is 0.773. The number of rotatable bonds is 7. The van der Waals surface area contributed by atoms with Crippen LogP contribution in [0, 0.1) is 5.82 Å². The van der Waals surface area contributed by atoms with E-state index in [1.54, 1.807) is 19.2 Å². The van der Waals surface area contributed by atoms with E-state index in [1.807, 2.05) is 24.3 Å². The molecule has 0 fully saturated rings. The van der Waals surface area contributed by atoms with Gasteiger partial charge in [0.05, 0.1) is 12.8 Å². The number of hydrogen-bond acceptors (Lipinski definition) is 3. The highest BCUT2D eigenvalue weighted by molar-refractivity contribution is 5.90. The fourth-order valence-electron chi connectivity index (χ4n) is 1.95. The molecule has 1 amide bonds. The number of nitrogens with one attached hydrogen (secondary N) is 2. The van der Waals surface area contributed by atoms with E-state index < -0.39 is 5.82 Å². The van der Waals surface area contributed by atoms with Crippen molar-refractivity contribution in [3.8, 4) is 5.75 Å². The lowest BCUT2D eigenvalue weighted by atomic mass is 10.2. The summed E-state index contributed by atoms with van der Waals surface area (Å²) in [4.78, 5) is 11.7. The van der Waals surface area contributed by atoms with Crippen molar-refractivity contribution in [2.75, 3.05) is 19.0 Å². The number of para-hydroxylation sites is 1. The Balaban J connectivity index is 1.69. The third-order valence-corrected chi connectivity index (χ3v) is 3.16. The van der Waals surface area contributed by atoms with E-state index in [4.69, 9.17) is 4.74 Å². The molecule has 2 aromatic carbocycles. The molecule has 4 nitrogen and oxygen atoms in total. The second-order valence-electron chi connectivity index (χ2n) is 4.80. The predicted molar refractivity (Wildman–Crippen MR) is 84.3 cm³/mol. The van der Waals surface area contributed by atoms with E-state index in [0.29, 0.717) is 13.1 Å². The predicted octanol–water partition coefficient (Wildman–Crippen LogP) is 2.95. The molecule has 0 unspecified atom stereocenters. The van der Waals surface area contributed by atoms with Crippen LogP contribution in [0.4, 0.5) is 10.1 Å². The van der Waals surface area contributed by atoms with Crippen LogP contribution in [0.3, 0.4) is 0 Å². The minimum atomic E-state index is -0.429. The zero-order valence-electron chi connectivity index (χ0n) is 12.4. The Hall–Kier alpha value is -2.40. The van der Waals surface area contributed by atoms with Crippen LogP contribution in [-0.2, 0) is 11.3 Å². The first-order chi connectivity index (χ1) is 10.7. The number of benzene rings is 2. The summed E-state index contributed by atoms with van der Waals surface area (Å²) in [5.74, 6) is 0.169. The number of hydrogen-bond donors (Lipinski definition) is 2. The normalized spacial score (nSPS) is 10.3. The molecule has 0 atom stereocenters. The number of halogens is 1. The van der Waals surface area contributed by atoms with Gasteiger partial charge >= 0.3 is 0 Å². The highest BCUT2D eigenvalue weighted by Gasteiger charge is 2.05. The highest BCUT2D eigenvalue weighted by Crippen LogP contribution is 2.12. The summed E-state index contributed by atoms with van der Waals surface area (Å²) in [6.45, 7) is 1.18. The minimum Gasteiger partial charge on any atom is -0.497 e. The Kier molecular flexibility index (Phi) is 5.91. The van der Waals surface area contributed by atoms with Gasteiger partial charge in [0, 0.05) is 19.5 Å². The topological polar surface area (TPSA) is 50.4 Å². The fraction of sp³-hybridized carbons (Fsp3) is 0.235. The van der Waals surface area contributed by atoms with E-state index in [2.05, 4.69) is 10.6 Å². The molecule has 0 aliphatic carbocycles. The van der Waals surface area contributed by atoms with Gasteiger partial charge in [0.2, 0.25) is 5.91 Å². The molecule has 22 heavy (non-hydrogen) atoms. The summed E-state index contributed by atoms with van der Waals surface area (Å²) in [5, 5.41) is 5.73. The Labute approximate surface area is 129 Å². The van der Waals surface area contributed by atoms with Crippen LogP contribution < -0.4 is 15.4 Å². The maximum Gasteiger partial charge on any atom is 0.225 e. The molecule has 0 spiro atoms. The summed E-state index contributed by atoms with van der Waals surface area (Å²) in [7, 11) is 1.63. The molecular formula is C17H19FN2O2. The maximum absolute atomic E-state index is 13.4. The number of carbonyl (C=O) groups is 1. The number of carbonyl (C=O) groups excluding carboxylic acids is 1. The average molecular weight is 302 g/mol. The van der Waals surface area contributed by atoms with Gasteiger partial charge in [-0.25, -0.2) is 4.39 Å². The molecule has 0 saturated heterocycles. The van der Waals surface area contributed by atoms with Crippen LogP contribution in [0.15, 0.2) is 48.5 Å². The molecule has 0 radical (unpaired) electrons. The molecule has 0 heterocycles. The Morgan fingerprint density at radius 2 is 1.86 bits per heavy atom. The molecule has 2 aromatic rings. The lowest BCUT2D eigenvalue weighted by Gasteiger charge is -2.08. The van der Waals surface area contributed by atoms with E-state index in [9.17, 15) is 9.18 Å². The maximum atomic E-state index is 13.4. The molecule has 0 aliphatic rings. The molecule has 116 valence electrons. The highest BCUT2D eigenvalue weighted by atomic mass is 19.1. The smallest absolute Gasteiger partial charge is 0.225 e. The second-order valence-corrected chi connectivity index (χ2v) is 4.80. The number of amides is 1. The van der Waals surface area contributed by atoms with Crippen LogP contribution in [0.2, 0.25) is 0 Å². The van der Waals surface area contributed by atoms with Crippen LogP contribution in [-0.4, -0.2) is 19.6 Å². The van der Waals surface area contributed by atoms with Crippen LogP contribution >= 0.6 is 0 Å². The number of ether oxygens (including phenoxy) is 1. The van der Waals surface area contributed by atoms with Gasteiger partial charge in [0.15, 0.2) is 0 Å². The molecule has 0 aliphatic heterocycles. The van der Waals surface area contributed by atoms with Gasteiger partial charge < -0.3 is 15.4 Å². The van der Waals surface area contributed by atoms with Crippen molar-refractivity contribution < 1.29 is 13.9 Å². The monoisotopic (exact) mass is 302 g/mol. The van der Waals surface area contributed by atoms with Gasteiger partial charge in [-0.05, 0) is 29.8 Å². The van der Waals surface area contributed by atoms with E-state index >= 15 is 0 Å². The second kappa shape index (κ2) is 8.14. The molecular weight excluding hydrogens is 283 g/mol. The van der Waals surface area contributed by atoms with Gasteiger partial charge in [-0.3, -0.25) is 4.79 Å². The first kappa shape index (κ1) is 16.0. The summed E-state index contributed by atoms with van der Waals surface area (Å²) < 4.78 is 18.5. The number of anilines is 1.